The minimum absolute atomic E-state index is 0.573. The maximum Gasteiger partial charge on any atom is 0.0528 e. The van der Waals surface area contributed by atoms with Crippen LogP contribution >= 0.6 is 0 Å². The second-order valence-corrected chi connectivity index (χ2v) is 4.24. The maximum atomic E-state index is 4.11. The minimum Gasteiger partial charge on any atom is -0.381 e. The van der Waals surface area contributed by atoms with Gasteiger partial charge in [-0.2, -0.15) is 0 Å². The molecule has 1 aromatic rings. The third-order valence-electron chi connectivity index (χ3n) is 2.91. The largest absolute Gasteiger partial charge is 0.381 e. The molecule has 1 rings (SSSR count). The molecule has 0 spiro atoms. The Morgan fingerprint density at radius 2 is 2.13 bits per heavy atom. The first-order valence-corrected chi connectivity index (χ1v) is 5.92. The van der Waals surface area contributed by atoms with Crippen molar-refractivity contribution in [1.29, 1.82) is 0 Å². The van der Waals surface area contributed by atoms with Crippen molar-refractivity contribution in [3.63, 3.8) is 0 Å². The van der Waals surface area contributed by atoms with Crippen molar-refractivity contribution >= 4 is 5.69 Å². The lowest BCUT2D eigenvalue weighted by Crippen LogP contribution is -2.21. The predicted octanol–water partition coefficient (Wildman–Crippen LogP) is 3.71. The first-order chi connectivity index (χ1) is 7.26. The molecule has 2 unspecified atom stereocenters. The van der Waals surface area contributed by atoms with Crippen LogP contribution in [0.3, 0.4) is 0 Å². The summed E-state index contributed by atoms with van der Waals surface area (Å²) in [5.41, 5.74) is 1.13. The molecule has 2 nitrogen and oxygen atoms in total. The van der Waals surface area contributed by atoms with Crippen LogP contribution in [-0.4, -0.2) is 11.0 Å². The third kappa shape index (κ3) is 4.32. The van der Waals surface area contributed by atoms with Gasteiger partial charge in [-0.3, -0.25) is 4.98 Å². The van der Waals surface area contributed by atoms with Crippen molar-refractivity contribution in [2.24, 2.45) is 5.92 Å². The monoisotopic (exact) mass is 206 g/mol. The van der Waals surface area contributed by atoms with Gasteiger partial charge >= 0.3 is 0 Å². The van der Waals surface area contributed by atoms with Gasteiger partial charge in [0.15, 0.2) is 0 Å². The Morgan fingerprint density at radius 3 is 2.67 bits per heavy atom. The van der Waals surface area contributed by atoms with Crippen molar-refractivity contribution < 1.29 is 0 Å². The first-order valence-electron chi connectivity index (χ1n) is 5.92. The fraction of sp³-hybridized carbons (Fsp3) is 0.615. The van der Waals surface area contributed by atoms with Gasteiger partial charge in [0.2, 0.25) is 0 Å². The highest BCUT2D eigenvalue weighted by Crippen LogP contribution is 2.16. The summed E-state index contributed by atoms with van der Waals surface area (Å²) < 4.78 is 0. The van der Waals surface area contributed by atoms with Crippen molar-refractivity contribution in [2.45, 2.75) is 46.1 Å². The lowest BCUT2D eigenvalue weighted by molar-refractivity contribution is 0.462. The average molecular weight is 206 g/mol. The standard InChI is InChI=1S/C13H22N2/c1-4-11(3)9-12(5-2)15-13-7-6-8-14-10-13/h6-8,10-12,15H,4-5,9H2,1-3H3. The van der Waals surface area contributed by atoms with Gasteiger partial charge in [-0.15, -0.1) is 0 Å². The molecular weight excluding hydrogens is 184 g/mol. The van der Waals surface area contributed by atoms with Gasteiger partial charge in [0.05, 0.1) is 5.69 Å². The Morgan fingerprint density at radius 1 is 1.33 bits per heavy atom. The summed E-state index contributed by atoms with van der Waals surface area (Å²) in [6, 6.07) is 4.62. The summed E-state index contributed by atoms with van der Waals surface area (Å²) in [7, 11) is 0. The molecule has 0 bridgehead atoms. The Bertz CT molecular complexity index is 258. The lowest BCUT2D eigenvalue weighted by Gasteiger charge is -2.21. The second-order valence-electron chi connectivity index (χ2n) is 4.24. The summed E-state index contributed by atoms with van der Waals surface area (Å²) >= 11 is 0. The van der Waals surface area contributed by atoms with Crippen LogP contribution in [0.5, 0.6) is 0 Å². The summed E-state index contributed by atoms with van der Waals surface area (Å²) in [5.74, 6) is 0.791. The predicted molar refractivity (Wildman–Crippen MR) is 66.0 cm³/mol. The van der Waals surface area contributed by atoms with E-state index in [0.717, 1.165) is 11.6 Å². The molecule has 0 saturated carbocycles. The quantitative estimate of drug-likeness (QED) is 0.767. The Hall–Kier alpha value is -1.05. The van der Waals surface area contributed by atoms with E-state index in [1.165, 1.54) is 19.3 Å². The smallest absolute Gasteiger partial charge is 0.0528 e. The Labute approximate surface area is 93.1 Å². The number of hydrogen-bond donors (Lipinski definition) is 1. The van der Waals surface area contributed by atoms with Crippen molar-refractivity contribution in [3.05, 3.63) is 24.5 Å². The second kappa shape index (κ2) is 6.44. The summed E-state index contributed by atoms with van der Waals surface area (Å²) in [6.45, 7) is 6.80. The van der Waals surface area contributed by atoms with Crippen LogP contribution in [0, 0.1) is 5.92 Å². The average Bonchev–Trinajstić information content (AvgIpc) is 2.29. The molecule has 0 aliphatic carbocycles. The normalized spacial score (nSPS) is 14.6. The summed E-state index contributed by atoms with van der Waals surface area (Å²) in [5, 5.41) is 3.53. The zero-order valence-corrected chi connectivity index (χ0v) is 10.0. The molecule has 84 valence electrons. The van der Waals surface area contributed by atoms with Crippen molar-refractivity contribution in [1.82, 2.24) is 4.98 Å². The Balaban J connectivity index is 2.47. The molecule has 0 aromatic carbocycles. The summed E-state index contributed by atoms with van der Waals surface area (Å²) in [6.07, 6.45) is 7.35. The number of pyridine rings is 1. The number of anilines is 1. The number of nitrogens with zero attached hydrogens (tertiary/aromatic N) is 1. The molecule has 15 heavy (non-hydrogen) atoms. The van der Waals surface area contributed by atoms with E-state index in [1.807, 2.05) is 12.3 Å². The molecule has 0 saturated heterocycles. The van der Waals surface area contributed by atoms with Crippen LogP contribution in [0.15, 0.2) is 24.5 Å². The van der Waals surface area contributed by atoms with Gasteiger partial charge in [-0.05, 0) is 30.9 Å². The zero-order chi connectivity index (χ0) is 11.1. The van der Waals surface area contributed by atoms with E-state index in [1.54, 1.807) is 6.20 Å². The number of hydrogen-bond acceptors (Lipinski definition) is 2. The highest BCUT2D eigenvalue weighted by molar-refractivity contribution is 5.40. The van der Waals surface area contributed by atoms with Gasteiger partial charge in [0.25, 0.3) is 0 Å². The van der Waals surface area contributed by atoms with Gasteiger partial charge in [0, 0.05) is 18.4 Å². The highest BCUT2D eigenvalue weighted by Gasteiger charge is 2.09. The van der Waals surface area contributed by atoms with E-state index >= 15 is 0 Å². The van der Waals surface area contributed by atoms with E-state index < -0.39 is 0 Å². The molecule has 0 fully saturated rings. The number of rotatable bonds is 6. The summed E-state index contributed by atoms with van der Waals surface area (Å²) in [4.78, 5) is 4.11. The molecule has 0 radical (unpaired) electrons. The van der Waals surface area contributed by atoms with E-state index in [-0.39, 0.29) is 0 Å². The van der Waals surface area contributed by atoms with Crippen LogP contribution in [-0.2, 0) is 0 Å². The molecule has 0 amide bonds. The van der Waals surface area contributed by atoms with Crippen LogP contribution in [0.25, 0.3) is 0 Å². The lowest BCUT2D eigenvalue weighted by atomic mass is 9.98. The minimum atomic E-state index is 0.573. The number of aromatic nitrogens is 1. The van der Waals surface area contributed by atoms with Crippen LogP contribution in [0.2, 0.25) is 0 Å². The SMILES string of the molecule is CCC(C)CC(CC)Nc1cccnc1. The highest BCUT2D eigenvalue weighted by atomic mass is 14.9. The molecular formula is C13H22N2. The molecule has 1 heterocycles. The third-order valence-corrected chi connectivity index (χ3v) is 2.91. The zero-order valence-electron chi connectivity index (χ0n) is 10.0. The van der Waals surface area contributed by atoms with E-state index in [2.05, 4.69) is 37.1 Å². The van der Waals surface area contributed by atoms with Crippen molar-refractivity contribution in [2.75, 3.05) is 5.32 Å². The van der Waals surface area contributed by atoms with Gasteiger partial charge in [-0.1, -0.05) is 27.2 Å². The van der Waals surface area contributed by atoms with Gasteiger partial charge < -0.3 is 5.32 Å². The Kier molecular flexibility index (Phi) is 5.16. The van der Waals surface area contributed by atoms with E-state index in [4.69, 9.17) is 0 Å². The first kappa shape index (κ1) is 12.0. The van der Waals surface area contributed by atoms with E-state index in [0.29, 0.717) is 6.04 Å². The fourth-order valence-electron chi connectivity index (χ4n) is 1.66. The van der Waals surface area contributed by atoms with Gasteiger partial charge in [0.1, 0.15) is 0 Å². The van der Waals surface area contributed by atoms with Crippen molar-refractivity contribution in [3.8, 4) is 0 Å². The maximum absolute atomic E-state index is 4.11. The molecule has 0 aliphatic heterocycles. The fourth-order valence-corrected chi connectivity index (χ4v) is 1.66. The van der Waals surface area contributed by atoms with E-state index in [9.17, 15) is 0 Å². The molecule has 0 aliphatic rings. The van der Waals surface area contributed by atoms with Crippen LogP contribution in [0.4, 0.5) is 5.69 Å². The molecule has 2 atom stereocenters. The van der Waals surface area contributed by atoms with Crippen LogP contribution in [0.1, 0.15) is 40.0 Å². The number of nitrogens with one attached hydrogen (secondary N) is 1. The molecule has 1 aromatic heterocycles. The molecule has 1 N–H and O–H groups in total. The van der Waals surface area contributed by atoms with Crippen LogP contribution < -0.4 is 5.32 Å². The van der Waals surface area contributed by atoms with Gasteiger partial charge in [-0.25, -0.2) is 0 Å². The molecule has 2 heteroatoms. The topological polar surface area (TPSA) is 24.9 Å².